The second-order valence-electron chi connectivity index (χ2n) is 6.16. The summed E-state index contributed by atoms with van der Waals surface area (Å²) in [5.74, 6) is -0.268. The molecule has 0 aliphatic rings. The highest BCUT2D eigenvalue weighted by molar-refractivity contribution is 8.00. The standard InChI is InChI=1S/C19H19N5OS/c1-11(2)8-13-14(9-20)17(22)24-19(15(13)10-21)26-16(18(23)25)12-6-4-3-5-7-12/h3-7,11,16H,8H2,1-2H3,(H2,22,24)(H2,23,25). The van der Waals surface area contributed by atoms with E-state index in [1.54, 1.807) is 12.1 Å². The Balaban J connectivity index is 2.59. The molecule has 0 bridgehead atoms. The van der Waals surface area contributed by atoms with E-state index in [1.165, 1.54) is 0 Å². The maximum Gasteiger partial charge on any atom is 0.235 e. The van der Waals surface area contributed by atoms with Crippen molar-refractivity contribution in [1.82, 2.24) is 4.98 Å². The summed E-state index contributed by atoms with van der Waals surface area (Å²) in [6.45, 7) is 3.98. The maximum atomic E-state index is 12.0. The Morgan fingerprint density at radius 3 is 2.31 bits per heavy atom. The highest BCUT2D eigenvalue weighted by Gasteiger charge is 2.25. The lowest BCUT2D eigenvalue weighted by atomic mass is 9.95. The normalized spacial score (nSPS) is 11.6. The van der Waals surface area contributed by atoms with Crippen LogP contribution in [-0.2, 0) is 11.2 Å². The van der Waals surface area contributed by atoms with Crippen LogP contribution in [0.2, 0.25) is 0 Å². The summed E-state index contributed by atoms with van der Waals surface area (Å²) in [6.07, 6.45) is 0.513. The number of carbonyl (C=O) groups excluding carboxylic acids is 1. The molecular formula is C19H19N5OS. The molecular weight excluding hydrogens is 346 g/mol. The number of hydrogen-bond acceptors (Lipinski definition) is 6. The quantitative estimate of drug-likeness (QED) is 0.757. The molecule has 0 aliphatic carbocycles. The third-order valence-electron chi connectivity index (χ3n) is 3.72. The zero-order valence-corrected chi connectivity index (χ0v) is 15.4. The lowest BCUT2D eigenvalue weighted by molar-refractivity contribution is -0.117. The van der Waals surface area contributed by atoms with E-state index >= 15 is 0 Å². The average molecular weight is 365 g/mol. The fourth-order valence-electron chi connectivity index (χ4n) is 2.60. The number of benzene rings is 1. The first-order valence-electron chi connectivity index (χ1n) is 8.02. The van der Waals surface area contributed by atoms with Crippen LogP contribution in [0.25, 0.3) is 0 Å². The van der Waals surface area contributed by atoms with E-state index in [0.717, 1.165) is 11.8 Å². The van der Waals surface area contributed by atoms with Gasteiger partial charge in [0, 0.05) is 0 Å². The Morgan fingerprint density at radius 1 is 1.19 bits per heavy atom. The van der Waals surface area contributed by atoms with Crippen LogP contribution in [0, 0.1) is 28.6 Å². The molecule has 6 nitrogen and oxygen atoms in total. The van der Waals surface area contributed by atoms with Gasteiger partial charge in [0.05, 0.1) is 11.1 Å². The van der Waals surface area contributed by atoms with Crippen LogP contribution in [0.3, 0.4) is 0 Å². The van der Waals surface area contributed by atoms with Gasteiger partial charge < -0.3 is 11.5 Å². The van der Waals surface area contributed by atoms with E-state index in [2.05, 4.69) is 11.1 Å². The SMILES string of the molecule is CC(C)Cc1c(C#N)c(N)nc(SC(C(N)=O)c2ccccc2)c1C#N. The first kappa shape index (κ1) is 19.3. The predicted octanol–water partition coefficient (Wildman–Crippen LogP) is 2.92. The largest absolute Gasteiger partial charge is 0.383 e. The third-order valence-corrected chi connectivity index (χ3v) is 4.98. The summed E-state index contributed by atoms with van der Waals surface area (Å²) in [5.41, 5.74) is 13.3. The number of pyridine rings is 1. The summed E-state index contributed by atoms with van der Waals surface area (Å²) in [4.78, 5) is 16.2. The number of thioether (sulfide) groups is 1. The summed E-state index contributed by atoms with van der Waals surface area (Å²) < 4.78 is 0. The number of nitrogens with two attached hydrogens (primary N) is 2. The molecule has 1 amide bonds. The Morgan fingerprint density at radius 2 is 1.81 bits per heavy atom. The van der Waals surface area contributed by atoms with Crippen molar-refractivity contribution in [2.45, 2.75) is 30.5 Å². The van der Waals surface area contributed by atoms with Crippen molar-refractivity contribution in [3.8, 4) is 12.1 Å². The third kappa shape index (κ3) is 4.14. The molecule has 1 unspecified atom stereocenters. The van der Waals surface area contributed by atoms with Gasteiger partial charge in [0.25, 0.3) is 0 Å². The minimum atomic E-state index is -0.713. The minimum Gasteiger partial charge on any atom is -0.383 e. The van der Waals surface area contributed by atoms with Gasteiger partial charge in [0.15, 0.2) is 0 Å². The minimum absolute atomic E-state index is 0.0564. The Hall–Kier alpha value is -3.03. The van der Waals surface area contributed by atoms with E-state index in [4.69, 9.17) is 11.5 Å². The summed E-state index contributed by atoms with van der Waals surface area (Å²) >= 11 is 1.08. The van der Waals surface area contributed by atoms with Crippen LogP contribution in [0.1, 0.15) is 41.4 Å². The number of nitriles is 2. The molecule has 2 rings (SSSR count). The molecule has 7 heteroatoms. The van der Waals surface area contributed by atoms with Gasteiger partial charge in [0.1, 0.15) is 28.2 Å². The number of anilines is 1. The molecule has 1 aromatic carbocycles. The van der Waals surface area contributed by atoms with Crippen molar-refractivity contribution < 1.29 is 4.79 Å². The molecule has 0 radical (unpaired) electrons. The van der Waals surface area contributed by atoms with Crippen LogP contribution < -0.4 is 11.5 Å². The summed E-state index contributed by atoms with van der Waals surface area (Å²) in [7, 11) is 0. The topological polar surface area (TPSA) is 130 Å². The molecule has 0 spiro atoms. The molecule has 1 aromatic heterocycles. The number of rotatable bonds is 6. The fraction of sp³-hybridized carbons (Fsp3) is 0.263. The van der Waals surface area contributed by atoms with Crippen LogP contribution in [0.15, 0.2) is 35.4 Å². The van der Waals surface area contributed by atoms with Gasteiger partial charge in [-0.25, -0.2) is 4.98 Å². The highest BCUT2D eigenvalue weighted by Crippen LogP contribution is 2.38. The van der Waals surface area contributed by atoms with Crippen molar-refractivity contribution >= 4 is 23.5 Å². The number of aromatic nitrogens is 1. The molecule has 0 fully saturated rings. The zero-order chi connectivity index (χ0) is 19.3. The van der Waals surface area contributed by atoms with Gasteiger partial charge in [-0.3, -0.25) is 4.79 Å². The molecule has 4 N–H and O–H groups in total. The lowest BCUT2D eigenvalue weighted by Gasteiger charge is -2.17. The number of amides is 1. The van der Waals surface area contributed by atoms with Crippen LogP contribution in [0.4, 0.5) is 5.82 Å². The van der Waals surface area contributed by atoms with Crippen molar-refractivity contribution in [2.75, 3.05) is 5.73 Å². The first-order chi connectivity index (χ1) is 12.4. The first-order valence-corrected chi connectivity index (χ1v) is 8.90. The Kier molecular flexibility index (Phi) is 6.21. The highest BCUT2D eigenvalue weighted by atomic mass is 32.2. The van der Waals surface area contributed by atoms with E-state index in [0.29, 0.717) is 22.6 Å². The fourth-order valence-corrected chi connectivity index (χ4v) is 3.67. The van der Waals surface area contributed by atoms with Crippen LogP contribution >= 0.6 is 11.8 Å². The lowest BCUT2D eigenvalue weighted by Crippen LogP contribution is -2.19. The average Bonchev–Trinajstić information content (AvgIpc) is 2.60. The van der Waals surface area contributed by atoms with Gasteiger partial charge in [-0.1, -0.05) is 55.9 Å². The summed E-state index contributed by atoms with van der Waals surface area (Å²) in [5, 5.41) is 18.7. The second kappa shape index (κ2) is 8.37. The molecule has 132 valence electrons. The molecule has 26 heavy (non-hydrogen) atoms. The van der Waals surface area contributed by atoms with E-state index in [9.17, 15) is 15.3 Å². The van der Waals surface area contributed by atoms with Crippen molar-refractivity contribution in [3.05, 3.63) is 52.6 Å². The number of carbonyl (C=O) groups is 1. The number of nitrogens with zero attached hydrogens (tertiary/aromatic N) is 3. The van der Waals surface area contributed by atoms with Crippen molar-refractivity contribution in [3.63, 3.8) is 0 Å². The van der Waals surface area contributed by atoms with Crippen LogP contribution in [0.5, 0.6) is 0 Å². The molecule has 0 saturated heterocycles. The molecule has 1 heterocycles. The molecule has 1 atom stereocenters. The maximum absolute atomic E-state index is 12.0. The molecule has 2 aromatic rings. The Labute approximate surface area is 156 Å². The monoisotopic (exact) mass is 365 g/mol. The zero-order valence-electron chi connectivity index (χ0n) is 14.6. The van der Waals surface area contributed by atoms with Gasteiger partial charge >= 0.3 is 0 Å². The molecule has 0 aliphatic heterocycles. The van der Waals surface area contributed by atoms with Crippen molar-refractivity contribution in [1.29, 1.82) is 10.5 Å². The predicted molar refractivity (Wildman–Crippen MR) is 101 cm³/mol. The summed E-state index contributed by atoms with van der Waals surface area (Å²) in [6, 6.07) is 13.2. The van der Waals surface area contributed by atoms with Gasteiger partial charge in [-0.2, -0.15) is 10.5 Å². The van der Waals surface area contributed by atoms with Gasteiger partial charge in [0.2, 0.25) is 5.91 Å². The number of hydrogen-bond donors (Lipinski definition) is 2. The van der Waals surface area contributed by atoms with Crippen molar-refractivity contribution in [2.24, 2.45) is 11.7 Å². The second-order valence-corrected chi connectivity index (χ2v) is 7.26. The van der Waals surface area contributed by atoms with E-state index < -0.39 is 11.2 Å². The van der Waals surface area contributed by atoms with E-state index in [1.807, 2.05) is 38.1 Å². The van der Waals surface area contributed by atoms with Gasteiger partial charge in [-0.15, -0.1) is 0 Å². The van der Waals surface area contributed by atoms with Crippen LogP contribution in [-0.4, -0.2) is 10.9 Å². The molecule has 0 saturated carbocycles. The van der Waals surface area contributed by atoms with Gasteiger partial charge in [-0.05, 0) is 23.5 Å². The number of nitrogen functional groups attached to an aromatic ring is 1. The van der Waals surface area contributed by atoms with E-state index in [-0.39, 0.29) is 22.9 Å². The smallest absolute Gasteiger partial charge is 0.235 e. The Bertz CT molecular complexity index is 897. The number of primary amides is 1.